The number of rotatable bonds is 5. The van der Waals surface area contributed by atoms with Crippen LogP contribution in [-0.2, 0) is 4.79 Å². The lowest BCUT2D eigenvalue weighted by Gasteiger charge is -2.34. The van der Waals surface area contributed by atoms with Crippen LogP contribution in [0.2, 0.25) is 0 Å². The molecule has 6 rings (SSSR count). The SMILES string of the molecule is CC12CCC(C/C1=N\N=C1\S/C(=C\c3cn[nH]c3-c3cccc([N+](=O)[O-])c3)C(=O)N1c1ccc(O)cc1)C2(C)C. The van der Waals surface area contributed by atoms with Crippen molar-refractivity contribution in [3.63, 3.8) is 0 Å². The molecular weight excluding hydrogens is 528 g/mol. The number of nitrogens with one attached hydrogen (secondary N) is 1. The number of amidine groups is 1. The summed E-state index contributed by atoms with van der Waals surface area (Å²) in [5.41, 5.74) is 3.46. The zero-order chi connectivity index (χ0) is 28.2. The average Bonchev–Trinajstić information content (AvgIpc) is 3.62. The lowest BCUT2D eigenvalue weighted by molar-refractivity contribution is -0.384. The Bertz CT molecular complexity index is 1620. The number of amides is 1. The van der Waals surface area contributed by atoms with Crippen LogP contribution in [-0.4, -0.2) is 37.0 Å². The third kappa shape index (κ3) is 4.12. The highest BCUT2D eigenvalue weighted by atomic mass is 32.2. The monoisotopic (exact) mass is 556 g/mol. The summed E-state index contributed by atoms with van der Waals surface area (Å²) in [6, 6.07) is 12.6. The van der Waals surface area contributed by atoms with Crippen LogP contribution < -0.4 is 4.90 Å². The number of hydrogen-bond acceptors (Lipinski definition) is 8. The first kappa shape index (κ1) is 26.0. The normalized spacial score (nSPS) is 26.5. The quantitative estimate of drug-likeness (QED) is 0.213. The molecular formula is C29H28N6O4S. The molecule has 1 saturated heterocycles. The van der Waals surface area contributed by atoms with E-state index in [2.05, 4.69) is 36.1 Å². The Balaban J connectivity index is 1.39. The highest BCUT2D eigenvalue weighted by Crippen LogP contribution is 2.64. The molecule has 10 nitrogen and oxygen atoms in total. The van der Waals surface area contributed by atoms with Crippen molar-refractivity contribution >= 4 is 46.0 Å². The summed E-state index contributed by atoms with van der Waals surface area (Å²) in [5, 5.41) is 37.9. The molecule has 204 valence electrons. The van der Waals surface area contributed by atoms with Crippen molar-refractivity contribution in [2.45, 2.75) is 40.0 Å². The first-order valence-electron chi connectivity index (χ1n) is 13.0. The predicted molar refractivity (Wildman–Crippen MR) is 156 cm³/mol. The minimum absolute atomic E-state index is 0.0268. The number of non-ortho nitro benzene ring substituents is 1. The Kier molecular flexibility index (Phi) is 6.14. The number of phenolic OH excluding ortho intramolecular Hbond substituents is 1. The van der Waals surface area contributed by atoms with E-state index in [1.807, 2.05) is 0 Å². The average molecular weight is 557 g/mol. The molecule has 3 aromatic rings. The molecule has 2 heterocycles. The van der Waals surface area contributed by atoms with Gasteiger partial charge in [0.15, 0.2) is 0 Å². The number of nitro benzene ring substituents is 1. The van der Waals surface area contributed by atoms with E-state index in [0.717, 1.165) is 18.6 Å². The van der Waals surface area contributed by atoms with Crippen molar-refractivity contribution in [2.75, 3.05) is 4.90 Å². The number of aromatic amines is 1. The van der Waals surface area contributed by atoms with Gasteiger partial charge in [-0.1, -0.05) is 32.9 Å². The van der Waals surface area contributed by atoms with Gasteiger partial charge in [-0.25, -0.2) is 0 Å². The van der Waals surface area contributed by atoms with Crippen LogP contribution in [0.3, 0.4) is 0 Å². The highest BCUT2D eigenvalue weighted by molar-refractivity contribution is 8.19. The van der Waals surface area contributed by atoms with Crippen molar-refractivity contribution in [3.05, 3.63) is 75.3 Å². The van der Waals surface area contributed by atoms with E-state index in [4.69, 9.17) is 5.10 Å². The Morgan fingerprint density at radius 2 is 1.98 bits per heavy atom. The van der Waals surface area contributed by atoms with Gasteiger partial charge in [-0.2, -0.15) is 10.2 Å². The summed E-state index contributed by atoms with van der Waals surface area (Å²) in [6.45, 7) is 6.88. The number of H-pyrrole nitrogens is 1. The first-order chi connectivity index (χ1) is 19.1. The molecule has 2 aromatic carbocycles. The Hall–Kier alpha value is -4.25. The molecule has 2 bridgehead atoms. The van der Waals surface area contributed by atoms with Crippen molar-refractivity contribution in [1.82, 2.24) is 10.2 Å². The second-order valence-electron chi connectivity index (χ2n) is 11.2. The second-order valence-corrected chi connectivity index (χ2v) is 12.2. The maximum absolute atomic E-state index is 13.7. The van der Waals surface area contributed by atoms with Crippen LogP contribution >= 0.6 is 11.8 Å². The molecule has 3 fully saturated rings. The van der Waals surface area contributed by atoms with E-state index in [9.17, 15) is 20.0 Å². The standard InChI is InChI=1S/C29H28N6O4S/c1-28(2)19-11-12-29(28,3)24(15-19)31-33-27-34(20-7-9-22(36)10-8-20)26(37)23(40-27)14-18-16-30-32-25(18)17-5-4-6-21(13-17)35(38)39/h4-10,13-14,16,19,36H,11-12,15H2,1-3H3,(H,30,32)/b23-14-,31-24+,33-27+. The number of phenols is 1. The number of benzene rings is 2. The predicted octanol–water partition coefficient (Wildman–Crippen LogP) is 6.37. The number of aromatic hydroxyl groups is 1. The first-order valence-corrected chi connectivity index (χ1v) is 13.9. The molecule has 0 radical (unpaired) electrons. The lowest BCUT2D eigenvalue weighted by atomic mass is 9.70. The van der Waals surface area contributed by atoms with Crippen molar-refractivity contribution in [2.24, 2.45) is 27.0 Å². The van der Waals surface area contributed by atoms with Gasteiger partial charge in [0.2, 0.25) is 5.17 Å². The molecule has 11 heteroatoms. The summed E-state index contributed by atoms with van der Waals surface area (Å²) in [7, 11) is 0. The molecule has 2 saturated carbocycles. The number of carbonyl (C=O) groups is 1. The maximum Gasteiger partial charge on any atom is 0.271 e. The number of thioether (sulfide) groups is 1. The van der Waals surface area contributed by atoms with Crippen molar-refractivity contribution in [3.8, 4) is 17.0 Å². The molecule has 1 amide bonds. The van der Waals surface area contributed by atoms with E-state index >= 15 is 0 Å². The largest absolute Gasteiger partial charge is 0.508 e. The van der Waals surface area contributed by atoms with Crippen LogP contribution in [0.5, 0.6) is 5.75 Å². The summed E-state index contributed by atoms with van der Waals surface area (Å²) in [5.74, 6) is 0.376. The molecule has 0 spiro atoms. The molecule has 1 aliphatic heterocycles. The number of nitro groups is 1. The fourth-order valence-corrected chi connectivity index (χ4v) is 7.03. The molecule has 2 aliphatic carbocycles. The summed E-state index contributed by atoms with van der Waals surface area (Å²) < 4.78 is 0. The zero-order valence-electron chi connectivity index (χ0n) is 22.3. The number of carbonyl (C=O) groups excluding carboxylic acids is 1. The molecule has 3 aliphatic rings. The van der Waals surface area contributed by atoms with Crippen molar-refractivity contribution < 1.29 is 14.8 Å². The van der Waals surface area contributed by atoms with Gasteiger partial charge in [-0.15, -0.1) is 5.10 Å². The second kappa shape index (κ2) is 9.44. The van der Waals surface area contributed by atoms with Crippen LogP contribution in [0.1, 0.15) is 45.6 Å². The fraction of sp³-hybridized carbons (Fsp3) is 0.310. The fourth-order valence-electron chi connectivity index (χ4n) is 6.11. The summed E-state index contributed by atoms with van der Waals surface area (Å²) >= 11 is 1.21. The van der Waals surface area contributed by atoms with Crippen molar-refractivity contribution in [1.29, 1.82) is 0 Å². The number of nitrogens with zero attached hydrogens (tertiary/aromatic N) is 5. The molecule has 40 heavy (non-hydrogen) atoms. The van der Waals surface area contributed by atoms with Crippen LogP contribution in [0.15, 0.2) is 69.8 Å². The number of hydrogen-bond donors (Lipinski definition) is 2. The van der Waals surface area contributed by atoms with Crippen LogP contribution in [0.4, 0.5) is 11.4 Å². The van der Waals surface area contributed by atoms with Gasteiger partial charge in [-0.3, -0.25) is 24.9 Å². The maximum atomic E-state index is 13.7. The van der Waals surface area contributed by atoms with E-state index in [0.29, 0.717) is 38.5 Å². The lowest BCUT2D eigenvalue weighted by Crippen LogP contribution is -2.32. The minimum Gasteiger partial charge on any atom is -0.508 e. The Labute approximate surface area is 235 Å². The van der Waals surface area contributed by atoms with Gasteiger partial charge >= 0.3 is 0 Å². The minimum atomic E-state index is -0.453. The number of fused-ring (bicyclic) bond motifs is 2. The third-order valence-corrected chi connectivity index (χ3v) is 9.94. The van der Waals surface area contributed by atoms with Gasteiger partial charge in [0.25, 0.3) is 11.6 Å². The third-order valence-electron chi connectivity index (χ3n) is 8.98. The van der Waals surface area contributed by atoms with Gasteiger partial charge < -0.3 is 5.11 Å². The van der Waals surface area contributed by atoms with E-state index < -0.39 is 4.92 Å². The van der Waals surface area contributed by atoms with Crippen LogP contribution in [0.25, 0.3) is 17.3 Å². The number of aromatic nitrogens is 2. The molecule has 2 unspecified atom stereocenters. The molecule has 1 aromatic heterocycles. The van der Waals surface area contributed by atoms with E-state index in [-0.39, 0.29) is 28.2 Å². The van der Waals surface area contributed by atoms with E-state index in [1.54, 1.807) is 36.5 Å². The van der Waals surface area contributed by atoms with Gasteiger partial charge in [0.1, 0.15) is 5.75 Å². The summed E-state index contributed by atoms with van der Waals surface area (Å²) in [4.78, 5) is 26.5. The smallest absolute Gasteiger partial charge is 0.271 e. The van der Waals surface area contributed by atoms with Gasteiger partial charge in [0.05, 0.1) is 27.4 Å². The molecule has 2 atom stereocenters. The van der Waals surface area contributed by atoms with Gasteiger partial charge in [0, 0.05) is 34.4 Å². The summed E-state index contributed by atoms with van der Waals surface area (Å²) in [6.07, 6.45) is 6.45. The van der Waals surface area contributed by atoms with Crippen LogP contribution in [0, 0.1) is 26.9 Å². The zero-order valence-corrected chi connectivity index (χ0v) is 23.1. The Morgan fingerprint density at radius 1 is 1.20 bits per heavy atom. The van der Waals surface area contributed by atoms with Gasteiger partial charge in [-0.05, 0) is 72.7 Å². The topological polar surface area (TPSA) is 137 Å². The van der Waals surface area contributed by atoms with E-state index in [1.165, 1.54) is 47.3 Å². The Morgan fingerprint density at radius 3 is 2.65 bits per heavy atom. The highest BCUT2D eigenvalue weighted by Gasteiger charge is 2.60. The number of anilines is 1. The molecule has 2 N–H and O–H groups in total.